The van der Waals surface area contributed by atoms with Crippen molar-refractivity contribution in [2.24, 2.45) is 0 Å². The van der Waals surface area contributed by atoms with E-state index >= 15 is 0 Å². The van der Waals surface area contributed by atoms with Crippen LogP contribution in [0.25, 0.3) is 0 Å². The normalized spacial score (nSPS) is 25.2. The number of nitrogens with zero attached hydrogens (tertiary/aromatic N) is 2. The van der Waals surface area contributed by atoms with Crippen molar-refractivity contribution in [1.29, 1.82) is 0 Å². The van der Waals surface area contributed by atoms with E-state index in [1.807, 2.05) is 4.90 Å². The molecule has 0 saturated carbocycles. The largest absolute Gasteiger partial charge is 0.336 e. The molecule has 2 atom stereocenters. The predicted molar refractivity (Wildman–Crippen MR) is 69.0 cm³/mol. The molecule has 0 radical (unpaired) electrons. The van der Waals surface area contributed by atoms with E-state index in [4.69, 9.17) is 0 Å². The van der Waals surface area contributed by atoms with Gasteiger partial charge in [0.25, 0.3) is 5.91 Å². The Morgan fingerprint density at radius 3 is 2.44 bits per heavy atom. The lowest BCUT2D eigenvalue weighted by molar-refractivity contribution is 0.0414. The summed E-state index contributed by atoms with van der Waals surface area (Å²) in [4.78, 5) is 16.4. The average molecular weight is 250 g/mol. The summed E-state index contributed by atoms with van der Waals surface area (Å²) in [6, 6.07) is 6.55. The maximum atomic E-state index is 13.1. The van der Waals surface area contributed by atoms with Gasteiger partial charge in [-0.15, -0.1) is 0 Å². The number of amides is 1. The minimum Gasteiger partial charge on any atom is -0.336 e. The van der Waals surface area contributed by atoms with Crippen molar-refractivity contribution in [2.45, 2.75) is 25.9 Å². The molecular weight excluding hydrogens is 231 g/mol. The molecule has 1 aromatic carbocycles. The molecular formula is C14H19FN2O. The van der Waals surface area contributed by atoms with Crippen molar-refractivity contribution >= 4 is 5.91 Å². The summed E-state index contributed by atoms with van der Waals surface area (Å²) in [6.45, 7) is 5.58. The van der Waals surface area contributed by atoms with Gasteiger partial charge >= 0.3 is 0 Å². The maximum absolute atomic E-state index is 13.1. The lowest BCUT2D eigenvalue weighted by Gasteiger charge is -2.42. The van der Waals surface area contributed by atoms with Gasteiger partial charge in [0.1, 0.15) is 5.82 Å². The lowest BCUT2D eigenvalue weighted by atomic mass is 10.1. The molecule has 1 fully saturated rings. The molecule has 1 amide bonds. The van der Waals surface area contributed by atoms with Crippen LogP contribution >= 0.6 is 0 Å². The van der Waals surface area contributed by atoms with E-state index < -0.39 is 0 Å². The van der Waals surface area contributed by atoms with Crippen LogP contribution in [0, 0.1) is 5.82 Å². The zero-order valence-corrected chi connectivity index (χ0v) is 11.1. The van der Waals surface area contributed by atoms with Crippen LogP contribution in [-0.4, -0.2) is 47.9 Å². The van der Waals surface area contributed by atoms with Crippen molar-refractivity contribution in [2.75, 3.05) is 20.1 Å². The molecule has 1 aromatic rings. The summed E-state index contributed by atoms with van der Waals surface area (Å²) in [5.41, 5.74) is 0.430. The molecule has 0 aromatic heterocycles. The molecule has 0 spiro atoms. The second-order valence-corrected chi connectivity index (χ2v) is 5.08. The molecule has 2 unspecified atom stereocenters. The van der Waals surface area contributed by atoms with E-state index in [0.717, 1.165) is 0 Å². The zero-order valence-electron chi connectivity index (χ0n) is 11.1. The third-order valence-electron chi connectivity index (χ3n) is 3.72. The first kappa shape index (κ1) is 13.0. The summed E-state index contributed by atoms with van der Waals surface area (Å²) >= 11 is 0. The average Bonchev–Trinajstić information content (AvgIpc) is 2.34. The molecule has 1 heterocycles. The smallest absolute Gasteiger partial charge is 0.254 e. The SMILES string of the molecule is CC1CN(C(=O)c2cccc(F)c2)CC(C)N1C. The predicted octanol–water partition coefficient (Wildman–Crippen LogP) is 1.99. The number of halogens is 1. The number of likely N-dealkylation sites (N-methyl/N-ethyl adjacent to an activating group) is 1. The van der Waals surface area contributed by atoms with Crippen LogP contribution in [0.4, 0.5) is 4.39 Å². The first-order chi connectivity index (χ1) is 8.49. The van der Waals surface area contributed by atoms with Crippen LogP contribution in [0.5, 0.6) is 0 Å². The highest BCUT2D eigenvalue weighted by atomic mass is 19.1. The molecule has 4 heteroatoms. The Labute approximate surface area is 107 Å². The first-order valence-corrected chi connectivity index (χ1v) is 6.26. The van der Waals surface area contributed by atoms with Gasteiger partial charge in [-0.25, -0.2) is 4.39 Å². The molecule has 0 bridgehead atoms. The fourth-order valence-corrected chi connectivity index (χ4v) is 2.37. The standard InChI is InChI=1S/C14H19FN2O/c1-10-8-17(9-11(2)16(10)3)14(18)12-5-4-6-13(15)7-12/h4-7,10-11H,8-9H2,1-3H3. The van der Waals surface area contributed by atoms with Crippen LogP contribution in [0.2, 0.25) is 0 Å². The highest BCUT2D eigenvalue weighted by molar-refractivity contribution is 5.94. The van der Waals surface area contributed by atoms with Crippen LogP contribution in [0.3, 0.4) is 0 Å². The van der Waals surface area contributed by atoms with Gasteiger partial charge in [-0.1, -0.05) is 6.07 Å². The Balaban J connectivity index is 2.15. The Morgan fingerprint density at radius 1 is 1.28 bits per heavy atom. The number of rotatable bonds is 1. The van der Waals surface area contributed by atoms with Crippen LogP contribution in [0.1, 0.15) is 24.2 Å². The fourth-order valence-electron chi connectivity index (χ4n) is 2.37. The van der Waals surface area contributed by atoms with Crippen molar-refractivity contribution in [1.82, 2.24) is 9.80 Å². The van der Waals surface area contributed by atoms with E-state index in [0.29, 0.717) is 30.7 Å². The second-order valence-electron chi connectivity index (χ2n) is 5.08. The van der Waals surface area contributed by atoms with Gasteiger partial charge in [-0.3, -0.25) is 9.69 Å². The van der Waals surface area contributed by atoms with Crippen LogP contribution in [0.15, 0.2) is 24.3 Å². The summed E-state index contributed by atoms with van der Waals surface area (Å²) < 4.78 is 13.1. The minimum absolute atomic E-state index is 0.0821. The van der Waals surface area contributed by atoms with Crippen LogP contribution in [-0.2, 0) is 0 Å². The van der Waals surface area contributed by atoms with Crippen LogP contribution < -0.4 is 0 Å². The van der Waals surface area contributed by atoms with E-state index in [1.54, 1.807) is 12.1 Å². The van der Waals surface area contributed by atoms with Gasteiger partial charge in [-0.05, 0) is 39.1 Å². The number of carbonyl (C=O) groups excluding carboxylic acids is 1. The van der Waals surface area contributed by atoms with Gasteiger partial charge in [0.15, 0.2) is 0 Å². The number of hydrogen-bond acceptors (Lipinski definition) is 2. The van der Waals surface area contributed by atoms with Crippen molar-refractivity contribution in [3.05, 3.63) is 35.6 Å². The van der Waals surface area contributed by atoms with E-state index in [1.165, 1.54) is 12.1 Å². The fraction of sp³-hybridized carbons (Fsp3) is 0.500. The molecule has 1 saturated heterocycles. The summed E-state index contributed by atoms with van der Waals surface area (Å²) in [5.74, 6) is -0.447. The van der Waals surface area contributed by atoms with E-state index in [9.17, 15) is 9.18 Å². The summed E-state index contributed by atoms with van der Waals surface area (Å²) in [7, 11) is 2.07. The van der Waals surface area contributed by atoms with Crippen molar-refractivity contribution in [3.8, 4) is 0 Å². The number of carbonyl (C=O) groups is 1. The maximum Gasteiger partial charge on any atom is 0.254 e. The summed E-state index contributed by atoms with van der Waals surface area (Å²) in [6.07, 6.45) is 0. The van der Waals surface area contributed by atoms with Gasteiger partial charge in [0.2, 0.25) is 0 Å². The third-order valence-corrected chi connectivity index (χ3v) is 3.72. The summed E-state index contributed by atoms with van der Waals surface area (Å²) in [5, 5.41) is 0. The number of benzene rings is 1. The number of piperazine rings is 1. The topological polar surface area (TPSA) is 23.6 Å². The van der Waals surface area contributed by atoms with Gasteiger partial charge < -0.3 is 4.90 Å². The van der Waals surface area contributed by atoms with E-state index in [-0.39, 0.29) is 11.7 Å². The molecule has 2 rings (SSSR count). The van der Waals surface area contributed by atoms with Gasteiger partial charge in [0, 0.05) is 30.7 Å². The highest BCUT2D eigenvalue weighted by Gasteiger charge is 2.29. The minimum atomic E-state index is -0.365. The second kappa shape index (κ2) is 5.06. The Kier molecular flexibility index (Phi) is 3.66. The monoisotopic (exact) mass is 250 g/mol. The lowest BCUT2D eigenvalue weighted by Crippen LogP contribution is -2.56. The molecule has 0 N–H and O–H groups in total. The molecule has 18 heavy (non-hydrogen) atoms. The van der Waals surface area contributed by atoms with Crippen molar-refractivity contribution in [3.63, 3.8) is 0 Å². The van der Waals surface area contributed by atoms with Crippen molar-refractivity contribution < 1.29 is 9.18 Å². The number of hydrogen-bond donors (Lipinski definition) is 0. The van der Waals surface area contributed by atoms with Gasteiger partial charge in [0.05, 0.1) is 0 Å². The Bertz CT molecular complexity index is 437. The molecule has 98 valence electrons. The zero-order chi connectivity index (χ0) is 13.3. The molecule has 1 aliphatic heterocycles. The highest BCUT2D eigenvalue weighted by Crippen LogP contribution is 2.16. The quantitative estimate of drug-likeness (QED) is 0.761. The third kappa shape index (κ3) is 2.53. The Hall–Kier alpha value is -1.42. The Morgan fingerprint density at radius 2 is 1.89 bits per heavy atom. The molecule has 3 nitrogen and oxygen atoms in total. The molecule has 1 aliphatic rings. The first-order valence-electron chi connectivity index (χ1n) is 6.26. The van der Waals surface area contributed by atoms with Gasteiger partial charge in [-0.2, -0.15) is 0 Å². The van der Waals surface area contributed by atoms with E-state index in [2.05, 4.69) is 25.8 Å². The molecule has 0 aliphatic carbocycles.